The number of amides is 1. The highest BCUT2D eigenvalue weighted by molar-refractivity contribution is 5.94. The van der Waals surface area contributed by atoms with Gasteiger partial charge in [-0.25, -0.2) is 0 Å². The molecule has 1 amide bonds. The number of carbonyl (C=O) groups excluding carboxylic acids is 1. The van der Waals surface area contributed by atoms with Gasteiger partial charge in [0.2, 0.25) is 0 Å². The summed E-state index contributed by atoms with van der Waals surface area (Å²) in [7, 11) is 0. The van der Waals surface area contributed by atoms with E-state index in [1.165, 1.54) is 6.07 Å². The molecule has 0 aromatic carbocycles. The van der Waals surface area contributed by atoms with Crippen LogP contribution in [0.5, 0.6) is 0 Å². The third-order valence-corrected chi connectivity index (χ3v) is 3.42. The van der Waals surface area contributed by atoms with Crippen LogP contribution in [0.25, 0.3) is 0 Å². The number of rotatable bonds is 3. The topological polar surface area (TPSA) is 99.3 Å². The predicted molar refractivity (Wildman–Crippen MR) is 68.0 cm³/mol. The van der Waals surface area contributed by atoms with Gasteiger partial charge in [0.1, 0.15) is 5.56 Å². The highest BCUT2D eigenvalue weighted by atomic mass is 16.4. The molecule has 0 spiro atoms. The Morgan fingerprint density at radius 2 is 2.11 bits per heavy atom. The molecule has 1 saturated carbocycles. The second-order valence-corrected chi connectivity index (χ2v) is 4.90. The lowest BCUT2D eigenvalue weighted by atomic mass is 10.1. The van der Waals surface area contributed by atoms with Gasteiger partial charge in [-0.15, -0.1) is 0 Å². The Morgan fingerprint density at radius 3 is 2.68 bits per heavy atom. The van der Waals surface area contributed by atoms with Gasteiger partial charge in [-0.2, -0.15) is 0 Å². The number of nitrogens with one attached hydrogen (secondary N) is 2. The predicted octanol–water partition coefficient (Wildman–Crippen LogP) is 0.666. The molecule has 3 N–H and O–H groups in total. The average molecular weight is 264 g/mol. The monoisotopic (exact) mass is 264 g/mol. The number of carbonyl (C=O) groups is 2. The highest BCUT2D eigenvalue weighted by Crippen LogP contribution is 2.25. The number of carboxylic acids is 1. The quantitative estimate of drug-likeness (QED) is 0.747. The largest absolute Gasteiger partial charge is 0.481 e. The van der Waals surface area contributed by atoms with E-state index in [9.17, 15) is 14.4 Å². The highest BCUT2D eigenvalue weighted by Gasteiger charge is 2.30. The maximum Gasteiger partial charge on any atom is 0.306 e. The van der Waals surface area contributed by atoms with Crippen molar-refractivity contribution in [2.45, 2.75) is 32.2 Å². The minimum atomic E-state index is -0.829. The third-order valence-electron chi connectivity index (χ3n) is 3.42. The van der Waals surface area contributed by atoms with Gasteiger partial charge < -0.3 is 15.4 Å². The molecule has 0 radical (unpaired) electrons. The van der Waals surface area contributed by atoms with Crippen LogP contribution < -0.4 is 10.9 Å². The summed E-state index contributed by atoms with van der Waals surface area (Å²) in [5.41, 5.74) is 0.322. The fourth-order valence-electron chi connectivity index (χ4n) is 2.35. The second-order valence-electron chi connectivity index (χ2n) is 4.90. The van der Waals surface area contributed by atoms with E-state index in [1.807, 2.05) is 0 Å². The molecule has 6 heteroatoms. The number of aromatic amines is 1. The summed E-state index contributed by atoms with van der Waals surface area (Å²) >= 11 is 0. The summed E-state index contributed by atoms with van der Waals surface area (Å²) in [6, 6.07) is 2.97. The number of aryl methyl sites for hydroxylation is 1. The zero-order chi connectivity index (χ0) is 14.0. The van der Waals surface area contributed by atoms with Crippen molar-refractivity contribution in [3.05, 3.63) is 33.7 Å². The Labute approximate surface area is 109 Å². The smallest absolute Gasteiger partial charge is 0.306 e. The summed E-state index contributed by atoms with van der Waals surface area (Å²) in [5, 5.41) is 11.6. The summed E-state index contributed by atoms with van der Waals surface area (Å²) in [4.78, 5) is 36.9. The molecule has 19 heavy (non-hydrogen) atoms. The Morgan fingerprint density at radius 1 is 1.37 bits per heavy atom. The van der Waals surface area contributed by atoms with Crippen LogP contribution in [-0.2, 0) is 4.79 Å². The van der Waals surface area contributed by atoms with Crippen LogP contribution >= 0.6 is 0 Å². The number of aromatic nitrogens is 1. The average Bonchev–Trinajstić information content (AvgIpc) is 2.77. The van der Waals surface area contributed by atoms with Gasteiger partial charge in [0.25, 0.3) is 11.5 Å². The number of hydrogen-bond donors (Lipinski definition) is 3. The van der Waals surface area contributed by atoms with Crippen molar-refractivity contribution in [1.82, 2.24) is 10.3 Å². The van der Waals surface area contributed by atoms with Crippen molar-refractivity contribution < 1.29 is 14.7 Å². The van der Waals surface area contributed by atoms with Gasteiger partial charge in [0.15, 0.2) is 0 Å². The van der Waals surface area contributed by atoms with Crippen molar-refractivity contribution in [2.24, 2.45) is 5.92 Å². The molecule has 1 aromatic rings. The molecular formula is C13H16N2O4. The van der Waals surface area contributed by atoms with E-state index < -0.39 is 23.4 Å². The van der Waals surface area contributed by atoms with E-state index in [0.29, 0.717) is 25.0 Å². The zero-order valence-corrected chi connectivity index (χ0v) is 10.6. The van der Waals surface area contributed by atoms with E-state index >= 15 is 0 Å². The Bertz CT molecular complexity index is 564. The van der Waals surface area contributed by atoms with Crippen LogP contribution in [0.15, 0.2) is 16.9 Å². The lowest BCUT2D eigenvalue weighted by Gasteiger charge is -2.12. The van der Waals surface area contributed by atoms with Crippen LogP contribution in [0.4, 0.5) is 0 Å². The Balaban J connectivity index is 2.02. The van der Waals surface area contributed by atoms with Gasteiger partial charge >= 0.3 is 5.97 Å². The number of aliphatic carboxylic acids is 1. The van der Waals surface area contributed by atoms with Gasteiger partial charge in [-0.3, -0.25) is 14.4 Å². The molecule has 2 unspecified atom stereocenters. The van der Waals surface area contributed by atoms with Crippen molar-refractivity contribution >= 4 is 11.9 Å². The number of carboxylic acid groups (broad SMARTS) is 1. The van der Waals surface area contributed by atoms with Crippen LogP contribution in [0.1, 0.15) is 35.3 Å². The molecule has 1 fully saturated rings. The van der Waals surface area contributed by atoms with Crippen molar-refractivity contribution in [2.75, 3.05) is 0 Å². The van der Waals surface area contributed by atoms with E-state index in [4.69, 9.17) is 5.11 Å². The summed E-state index contributed by atoms with van der Waals surface area (Å²) in [6.45, 7) is 1.73. The number of hydrogen-bond acceptors (Lipinski definition) is 3. The van der Waals surface area contributed by atoms with E-state index in [-0.39, 0.29) is 11.6 Å². The number of pyridine rings is 1. The lowest BCUT2D eigenvalue weighted by molar-refractivity contribution is -0.141. The molecule has 102 valence electrons. The maximum atomic E-state index is 11.9. The van der Waals surface area contributed by atoms with Crippen molar-refractivity contribution in [3.63, 3.8) is 0 Å². The zero-order valence-electron chi connectivity index (χ0n) is 10.6. The SMILES string of the molecule is Cc1ccc(C(=O)NC2CCC(C(=O)O)C2)c(=O)[nH]1. The van der Waals surface area contributed by atoms with E-state index in [0.717, 1.165) is 0 Å². The van der Waals surface area contributed by atoms with E-state index in [2.05, 4.69) is 10.3 Å². The van der Waals surface area contributed by atoms with Gasteiger partial charge in [0, 0.05) is 11.7 Å². The molecular weight excluding hydrogens is 248 g/mol. The first kappa shape index (κ1) is 13.3. The van der Waals surface area contributed by atoms with Crippen molar-refractivity contribution in [3.8, 4) is 0 Å². The molecule has 0 aliphatic heterocycles. The minimum absolute atomic E-state index is 0.0596. The second kappa shape index (κ2) is 5.26. The fourth-order valence-corrected chi connectivity index (χ4v) is 2.35. The lowest BCUT2D eigenvalue weighted by Crippen LogP contribution is -2.36. The molecule has 1 aliphatic rings. The normalized spacial score (nSPS) is 22.2. The molecule has 2 atom stereocenters. The first-order chi connectivity index (χ1) is 8.97. The summed E-state index contributed by atoms with van der Waals surface area (Å²) < 4.78 is 0. The number of H-pyrrole nitrogens is 1. The first-order valence-corrected chi connectivity index (χ1v) is 6.21. The summed E-state index contributed by atoms with van der Waals surface area (Å²) in [6.07, 6.45) is 1.61. The molecule has 0 bridgehead atoms. The standard InChI is InChI=1S/C13H16N2O4/c1-7-2-5-10(11(16)14-7)12(17)15-9-4-3-8(6-9)13(18)19/h2,5,8-9H,3-4,6H2,1H3,(H,14,16)(H,15,17)(H,18,19). The van der Waals surface area contributed by atoms with Gasteiger partial charge in [-0.1, -0.05) is 0 Å². The van der Waals surface area contributed by atoms with Gasteiger partial charge in [-0.05, 0) is 38.3 Å². The van der Waals surface area contributed by atoms with Crippen LogP contribution in [0.3, 0.4) is 0 Å². The summed E-state index contributed by atoms with van der Waals surface area (Å²) in [5.74, 6) is -1.68. The molecule has 2 rings (SSSR count). The van der Waals surface area contributed by atoms with E-state index in [1.54, 1.807) is 13.0 Å². The molecule has 0 saturated heterocycles. The Kier molecular flexibility index (Phi) is 3.69. The molecule has 6 nitrogen and oxygen atoms in total. The molecule has 1 aliphatic carbocycles. The van der Waals surface area contributed by atoms with Crippen LogP contribution in [0.2, 0.25) is 0 Å². The van der Waals surface area contributed by atoms with Crippen LogP contribution in [-0.4, -0.2) is 28.0 Å². The van der Waals surface area contributed by atoms with Crippen LogP contribution in [0, 0.1) is 12.8 Å². The minimum Gasteiger partial charge on any atom is -0.481 e. The third kappa shape index (κ3) is 3.01. The van der Waals surface area contributed by atoms with Gasteiger partial charge in [0.05, 0.1) is 5.92 Å². The molecule has 1 aromatic heterocycles. The van der Waals surface area contributed by atoms with Crippen molar-refractivity contribution in [1.29, 1.82) is 0 Å². The maximum absolute atomic E-state index is 11.9. The molecule has 1 heterocycles. The Hall–Kier alpha value is -2.11. The fraction of sp³-hybridized carbons (Fsp3) is 0.462. The first-order valence-electron chi connectivity index (χ1n) is 6.21.